The summed E-state index contributed by atoms with van der Waals surface area (Å²) >= 11 is 0. The van der Waals surface area contributed by atoms with Crippen molar-refractivity contribution in [1.29, 1.82) is 0 Å². The van der Waals surface area contributed by atoms with E-state index in [9.17, 15) is 13.2 Å². The lowest BCUT2D eigenvalue weighted by molar-refractivity contribution is 0.0734. The normalized spacial score (nSPS) is 15.7. The van der Waals surface area contributed by atoms with Gasteiger partial charge >= 0.3 is 0 Å². The average molecular weight is 374 g/mol. The van der Waals surface area contributed by atoms with Gasteiger partial charge in [-0.3, -0.25) is 4.79 Å². The molecule has 0 spiro atoms. The summed E-state index contributed by atoms with van der Waals surface area (Å²) < 4.78 is 36.9. The van der Waals surface area contributed by atoms with E-state index in [1.54, 1.807) is 35.2 Å². The van der Waals surface area contributed by atoms with E-state index in [0.29, 0.717) is 36.6 Å². The van der Waals surface area contributed by atoms with Crippen molar-refractivity contribution in [3.8, 4) is 11.5 Å². The number of benzene rings is 2. The zero-order valence-corrected chi connectivity index (χ0v) is 15.0. The molecule has 0 fully saturated rings. The van der Waals surface area contributed by atoms with Crippen LogP contribution in [-0.4, -0.2) is 39.6 Å². The summed E-state index contributed by atoms with van der Waals surface area (Å²) in [5.41, 5.74) is 2.44. The highest BCUT2D eigenvalue weighted by atomic mass is 32.2. The van der Waals surface area contributed by atoms with Gasteiger partial charge < -0.3 is 14.4 Å². The fourth-order valence-corrected chi connectivity index (χ4v) is 3.98. The number of hydrogen-bond acceptors (Lipinski definition) is 5. The molecule has 0 unspecified atom stereocenters. The standard InChI is InChI=1S/C18H18N2O5S/c1-19-26(22,23)15-4-2-12-6-7-20(10-14(12)8-15)18(21)13-3-5-16-17(9-13)25-11-24-16/h2-5,8-9,19H,6-7,10-11H2,1H3. The van der Waals surface area contributed by atoms with E-state index in [2.05, 4.69) is 4.72 Å². The summed E-state index contributed by atoms with van der Waals surface area (Å²) in [7, 11) is -2.13. The van der Waals surface area contributed by atoms with Gasteiger partial charge in [-0.15, -0.1) is 0 Å². The van der Waals surface area contributed by atoms with Crippen molar-refractivity contribution in [3.63, 3.8) is 0 Å². The molecule has 2 aromatic carbocycles. The maximum Gasteiger partial charge on any atom is 0.254 e. The summed E-state index contributed by atoms with van der Waals surface area (Å²) in [6, 6.07) is 10.2. The zero-order chi connectivity index (χ0) is 18.3. The van der Waals surface area contributed by atoms with Crippen LogP contribution in [0.3, 0.4) is 0 Å². The number of fused-ring (bicyclic) bond motifs is 2. The molecule has 2 aliphatic rings. The highest BCUT2D eigenvalue weighted by Crippen LogP contribution is 2.33. The van der Waals surface area contributed by atoms with Crippen molar-refractivity contribution in [2.45, 2.75) is 17.9 Å². The lowest BCUT2D eigenvalue weighted by atomic mass is 9.99. The number of rotatable bonds is 3. The van der Waals surface area contributed by atoms with Gasteiger partial charge in [-0.25, -0.2) is 13.1 Å². The Bertz CT molecular complexity index is 987. The second-order valence-electron chi connectivity index (χ2n) is 6.18. The molecule has 0 saturated carbocycles. The van der Waals surface area contributed by atoms with Crippen LogP contribution >= 0.6 is 0 Å². The van der Waals surface area contributed by atoms with Gasteiger partial charge in [0, 0.05) is 18.7 Å². The fourth-order valence-electron chi connectivity index (χ4n) is 3.20. The minimum atomic E-state index is -3.51. The topological polar surface area (TPSA) is 84.9 Å². The van der Waals surface area contributed by atoms with E-state index < -0.39 is 10.0 Å². The lowest BCUT2D eigenvalue weighted by Crippen LogP contribution is -2.36. The smallest absolute Gasteiger partial charge is 0.254 e. The maximum absolute atomic E-state index is 12.8. The molecule has 0 aromatic heterocycles. The van der Waals surface area contributed by atoms with Gasteiger partial charge in [0.25, 0.3) is 5.91 Å². The van der Waals surface area contributed by atoms with Gasteiger partial charge in [-0.1, -0.05) is 6.07 Å². The Balaban J connectivity index is 1.59. The Morgan fingerprint density at radius 1 is 1.08 bits per heavy atom. The molecule has 1 amide bonds. The number of carbonyl (C=O) groups excluding carboxylic acids is 1. The van der Waals surface area contributed by atoms with E-state index in [-0.39, 0.29) is 17.6 Å². The fraction of sp³-hybridized carbons (Fsp3) is 0.278. The maximum atomic E-state index is 12.8. The summed E-state index contributed by atoms with van der Waals surface area (Å²) in [6.07, 6.45) is 0.686. The van der Waals surface area contributed by atoms with E-state index in [1.165, 1.54) is 7.05 Å². The number of ether oxygens (including phenoxy) is 2. The molecule has 7 nitrogen and oxygen atoms in total. The number of carbonyl (C=O) groups is 1. The summed E-state index contributed by atoms with van der Waals surface area (Å²) in [5.74, 6) is 1.08. The summed E-state index contributed by atoms with van der Waals surface area (Å²) in [4.78, 5) is 14.8. The van der Waals surface area contributed by atoms with Gasteiger partial charge in [-0.05, 0) is 54.9 Å². The summed E-state index contributed by atoms with van der Waals surface area (Å²) in [5, 5.41) is 0. The number of nitrogens with zero attached hydrogens (tertiary/aromatic N) is 1. The summed E-state index contributed by atoms with van der Waals surface area (Å²) in [6.45, 7) is 1.11. The van der Waals surface area contributed by atoms with Crippen molar-refractivity contribution >= 4 is 15.9 Å². The molecule has 0 saturated heterocycles. The van der Waals surface area contributed by atoms with E-state index in [1.807, 2.05) is 6.07 Å². The molecule has 8 heteroatoms. The molecular weight excluding hydrogens is 356 g/mol. The van der Waals surface area contributed by atoms with Gasteiger partial charge in [0.1, 0.15) is 0 Å². The molecule has 4 rings (SSSR count). The Labute approximate surface area is 151 Å². The van der Waals surface area contributed by atoms with Gasteiger partial charge in [-0.2, -0.15) is 0 Å². The predicted molar refractivity (Wildman–Crippen MR) is 93.7 cm³/mol. The second-order valence-corrected chi connectivity index (χ2v) is 8.07. The van der Waals surface area contributed by atoms with Crippen molar-refractivity contribution in [3.05, 3.63) is 53.1 Å². The molecule has 136 valence electrons. The van der Waals surface area contributed by atoms with Crippen LogP contribution in [0, 0.1) is 0 Å². The number of amides is 1. The second kappa shape index (κ2) is 6.30. The SMILES string of the molecule is CNS(=O)(=O)c1ccc2c(c1)CN(C(=O)c1ccc3c(c1)OCO3)CC2. The number of nitrogens with one attached hydrogen (secondary N) is 1. The van der Waals surface area contributed by atoms with Crippen LogP contribution in [0.4, 0.5) is 0 Å². The molecule has 0 atom stereocenters. The first-order valence-corrected chi connectivity index (χ1v) is 9.70. The zero-order valence-electron chi connectivity index (χ0n) is 14.2. The van der Waals surface area contributed by atoms with Crippen LogP contribution < -0.4 is 14.2 Å². The highest BCUT2D eigenvalue weighted by molar-refractivity contribution is 7.89. The van der Waals surface area contributed by atoms with E-state index >= 15 is 0 Å². The van der Waals surface area contributed by atoms with Crippen molar-refractivity contribution in [2.75, 3.05) is 20.4 Å². The molecule has 0 aliphatic carbocycles. The van der Waals surface area contributed by atoms with Crippen LogP contribution in [0.25, 0.3) is 0 Å². The first-order chi connectivity index (χ1) is 12.5. The van der Waals surface area contributed by atoms with E-state index in [0.717, 1.165) is 11.1 Å². The minimum Gasteiger partial charge on any atom is -0.454 e. The molecule has 0 bridgehead atoms. The van der Waals surface area contributed by atoms with Gasteiger partial charge in [0.2, 0.25) is 16.8 Å². The lowest BCUT2D eigenvalue weighted by Gasteiger charge is -2.29. The monoisotopic (exact) mass is 374 g/mol. The molecular formula is C18H18N2O5S. The third-order valence-electron chi connectivity index (χ3n) is 4.68. The molecule has 2 aromatic rings. The molecule has 26 heavy (non-hydrogen) atoms. The quantitative estimate of drug-likeness (QED) is 0.881. The van der Waals surface area contributed by atoms with Crippen LogP contribution in [-0.2, 0) is 23.0 Å². The molecule has 0 radical (unpaired) electrons. The van der Waals surface area contributed by atoms with Crippen molar-refractivity contribution < 1.29 is 22.7 Å². The Kier molecular flexibility index (Phi) is 4.08. The largest absolute Gasteiger partial charge is 0.454 e. The molecule has 1 N–H and O–H groups in total. The number of sulfonamides is 1. The molecule has 2 heterocycles. The highest BCUT2D eigenvalue weighted by Gasteiger charge is 2.25. The van der Waals surface area contributed by atoms with Crippen LogP contribution in [0.2, 0.25) is 0 Å². The van der Waals surface area contributed by atoms with Crippen molar-refractivity contribution in [1.82, 2.24) is 9.62 Å². The molecule has 2 aliphatic heterocycles. The van der Waals surface area contributed by atoms with Crippen LogP contribution in [0.5, 0.6) is 11.5 Å². The van der Waals surface area contributed by atoms with E-state index in [4.69, 9.17) is 9.47 Å². The minimum absolute atomic E-state index is 0.115. The Hall–Kier alpha value is -2.58. The van der Waals surface area contributed by atoms with Gasteiger partial charge in [0.15, 0.2) is 11.5 Å². The van der Waals surface area contributed by atoms with Crippen molar-refractivity contribution in [2.24, 2.45) is 0 Å². The first kappa shape index (κ1) is 16.9. The number of hydrogen-bond donors (Lipinski definition) is 1. The van der Waals surface area contributed by atoms with Gasteiger partial charge in [0.05, 0.1) is 4.90 Å². The average Bonchev–Trinajstić information content (AvgIpc) is 3.14. The Morgan fingerprint density at radius 3 is 2.69 bits per heavy atom. The predicted octanol–water partition coefficient (Wildman–Crippen LogP) is 1.52. The third-order valence-corrected chi connectivity index (χ3v) is 6.09. The third kappa shape index (κ3) is 2.91. The van der Waals surface area contributed by atoms with Crippen LogP contribution in [0.1, 0.15) is 21.5 Å². The first-order valence-electron chi connectivity index (χ1n) is 8.22. The Morgan fingerprint density at radius 2 is 1.88 bits per heavy atom. The van der Waals surface area contributed by atoms with Crippen LogP contribution in [0.15, 0.2) is 41.3 Å².